The van der Waals surface area contributed by atoms with Crippen molar-refractivity contribution in [3.05, 3.63) is 58.1 Å². The third-order valence-electron chi connectivity index (χ3n) is 2.78. The van der Waals surface area contributed by atoms with Crippen LogP contribution in [0.5, 0.6) is 5.75 Å². The molecule has 0 unspecified atom stereocenters. The minimum absolute atomic E-state index is 0.0165. The number of halogens is 1. The smallest absolute Gasteiger partial charge is 0.262 e. The Morgan fingerprint density at radius 2 is 1.90 bits per heavy atom. The minimum Gasteiger partial charge on any atom is -0.482 e. The van der Waals surface area contributed by atoms with Crippen LogP contribution in [0.4, 0.5) is 5.69 Å². The van der Waals surface area contributed by atoms with Gasteiger partial charge < -0.3 is 10.1 Å². The molecule has 0 aliphatic carbocycles. The van der Waals surface area contributed by atoms with Gasteiger partial charge in [0, 0.05) is 5.69 Å². The highest BCUT2D eigenvalue weighted by Gasteiger charge is 2.09. The first-order valence-electron chi connectivity index (χ1n) is 6.30. The van der Waals surface area contributed by atoms with E-state index in [1.54, 1.807) is 0 Å². The van der Waals surface area contributed by atoms with Crippen LogP contribution in [0.2, 0.25) is 0 Å². The van der Waals surface area contributed by atoms with Crippen LogP contribution in [0.3, 0.4) is 0 Å². The van der Waals surface area contributed by atoms with Gasteiger partial charge in [-0.15, -0.1) is 0 Å². The van der Waals surface area contributed by atoms with Crippen LogP contribution < -0.4 is 10.1 Å². The molecule has 1 amide bonds. The molecule has 1 N–H and O–H groups in total. The van der Waals surface area contributed by atoms with E-state index >= 15 is 0 Å². The molecule has 0 atom stereocenters. The quantitative estimate of drug-likeness (QED) is 0.915. The number of amides is 1. The van der Waals surface area contributed by atoms with E-state index in [2.05, 4.69) is 21.2 Å². The summed E-state index contributed by atoms with van der Waals surface area (Å²) in [7, 11) is 0. The summed E-state index contributed by atoms with van der Waals surface area (Å²) in [5.74, 6) is 0.530. The fourth-order valence-corrected chi connectivity index (χ4v) is 2.73. The molecule has 2 rings (SSSR count). The van der Waals surface area contributed by atoms with Crippen LogP contribution in [0, 0.1) is 13.8 Å². The van der Waals surface area contributed by atoms with Gasteiger partial charge in [-0.05, 0) is 59.1 Å². The number of rotatable bonds is 4. The zero-order valence-electron chi connectivity index (χ0n) is 11.4. The number of ether oxygens (including phenoxy) is 1. The Kier molecular flexibility index (Phi) is 4.79. The lowest BCUT2D eigenvalue weighted by molar-refractivity contribution is -0.118. The summed E-state index contributed by atoms with van der Waals surface area (Å²) in [6, 6.07) is 13.3. The van der Waals surface area contributed by atoms with Gasteiger partial charge in [0.2, 0.25) is 0 Å². The third-order valence-corrected chi connectivity index (χ3v) is 3.37. The molecule has 0 heterocycles. The van der Waals surface area contributed by atoms with Crippen molar-refractivity contribution >= 4 is 27.5 Å². The summed E-state index contributed by atoms with van der Waals surface area (Å²) in [5.41, 5.74) is 2.92. The lowest BCUT2D eigenvalue weighted by Crippen LogP contribution is -2.20. The Bertz CT molecular complexity index is 588. The fourth-order valence-electron chi connectivity index (χ4n) is 1.94. The zero-order valence-corrected chi connectivity index (χ0v) is 13.0. The van der Waals surface area contributed by atoms with Crippen LogP contribution in [-0.2, 0) is 4.79 Å². The van der Waals surface area contributed by atoms with Crippen molar-refractivity contribution in [1.82, 2.24) is 0 Å². The first-order valence-corrected chi connectivity index (χ1v) is 7.10. The van der Waals surface area contributed by atoms with Gasteiger partial charge in [0.15, 0.2) is 6.61 Å². The number of carbonyl (C=O) groups excluding carboxylic acids is 1. The standard InChI is InChI=1S/C16H16BrNO2/c1-11-8-12(2)16(14(17)9-11)20-10-15(19)18-13-6-4-3-5-7-13/h3-9H,10H2,1-2H3,(H,18,19). The Balaban J connectivity index is 1.97. The molecule has 0 spiro atoms. The summed E-state index contributed by atoms with van der Waals surface area (Å²) in [6.07, 6.45) is 0. The van der Waals surface area contributed by atoms with Crippen molar-refractivity contribution in [2.45, 2.75) is 13.8 Å². The van der Waals surface area contributed by atoms with E-state index in [1.807, 2.05) is 56.3 Å². The van der Waals surface area contributed by atoms with Crippen molar-refractivity contribution in [2.24, 2.45) is 0 Å². The molecule has 0 aromatic heterocycles. The Hall–Kier alpha value is -1.81. The van der Waals surface area contributed by atoms with Gasteiger partial charge in [-0.3, -0.25) is 4.79 Å². The highest BCUT2D eigenvalue weighted by atomic mass is 79.9. The highest BCUT2D eigenvalue weighted by molar-refractivity contribution is 9.10. The summed E-state index contributed by atoms with van der Waals surface area (Å²) >= 11 is 3.46. The van der Waals surface area contributed by atoms with Crippen molar-refractivity contribution in [3.8, 4) is 5.75 Å². The molecule has 0 fully saturated rings. The fraction of sp³-hybridized carbons (Fsp3) is 0.188. The summed E-state index contributed by atoms with van der Waals surface area (Å²) in [6.45, 7) is 3.96. The van der Waals surface area contributed by atoms with E-state index in [-0.39, 0.29) is 12.5 Å². The van der Waals surface area contributed by atoms with E-state index in [0.717, 1.165) is 21.3 Å². The minimum atomic E-state index is -0.178. The van der Waals surface area contributed by atoms with E-state index in [4.69, 9.17) is 4.74 Å². The average Bonchev–Trinajstić information content (AvgIpc) is 2.38. The maximum atomic E-state index is 11.8. The maximum absolute atomic E-state index is 11.8. The third kappa shape index (κ3) is 3.84. The Labute approximate surface area is 127 Å². The predicted molar refractivity (Wildman–Crippen MR) is 84.2 cm³/mol. The van der Waals surface area contributed by atoms with Crippen LogP contribution >= 0.6 is 15.9 Å². The molecule has 0 saturated carbocycles. The van der Waals surface area contributed by atoms with Gasteiger partial charge >= 0.3 is 0 Å². The summed E-state index contributed by atoms with van der Waals surface area (Å²) < 4.78 is 6.46. The largest absolute Gasteiger partial charge is 0.482 e. The molecule has 4 heteroatoms. The SMILES string of the molecule is Cc1cc(C)c(OCC(=O)Nc2ccccc2)c(Br)c1. The second-order valence-corrected chi connectivity index (χ2v) is 5.45. The van der Waals surface area contributed by atoms with E-state index in [1.165, 1.54) is 0 Å². The average molecular weight is 334 g/mol. The molecule has 0 aliphatic heterocycles. The molecular formula is C16H16BrNO2. The number of hydrogen-bond donors (Lipinski definition) is 1. The molecule has 20 heavy (non-hydrogen) atoms. The van der Waals surface area contributed by atoms with Gasteiger partial charge in [-0.2, -0.15) is 0 Å². The van der Waals surface area contributed by atoms with Crippen molar-refractivity contribution < 1.29 is 9.53 Å². The topological polar surface area (TPSA) is 38.3 Å². The summed E-state index contributed by atoms with van der Waals surface area (Å²) in [5, 5.41) is 2.78. The second kappa shape index (κ2) is 6.57. The van der Waals surface area contributed by atoms with Gasteiger partial charge in [0.05, 0.1) is 4.47 Å². The number of nitrogens with one attached hydrogen (secondary N) is 1. The molecule has 0 radical (unpaired) electrons. The number of benzene rings is 2. The second-order valence-electron chi connectivity index (χ2n) is 4.60. The molecule has 0 saturated heterocycles. The van der Waals surface area contributed by atoms with Gasteiger partial charge in [0.1, 0.15) is 5.75 Å². The van der Waals surface area contributed by atoms with Gasteiger partial charge in [0.25, 0.3) is 5.91 Å². The Morgan fingerprint density at radius 3 is 2.55 bits per heavy atom. The molecule has 0 bridgehead atoms. The number of carbonyl (C=O) groups is 1. The van der Waals surface area contributed by atoms with E-state index in [9.17, 15) is 4.79 Å². The number of hydrogen-bond acceptors (Lipinski definition) is 2. The maximum Gasteiger partial charge on any atom is 0.262 e. The lowest BCUT2D eigenvalue weighted by atomic mass is 10.1. The molecule has 2 aromatic carbocycles. The molecular weight excluding hydrogens is 318 g/mol. The van der Waals surface area contributed by atoms with Crippen LogP contribution in [-0.4, -0.2) is 12.5 Å². The number of aryl methyl sites for hydroxylation is 2. The lowest BCUT2D eigenvalue weighted by Gasteiger charge is -2.12. The predicted octanol–water partition coefficient (Wildman–Crippen LogP) is 4.08. The van der Waals surface area contributed by atoms with Crippen molar-refractivity contribution in [2.75, 3.05) is 11.9 Å². The first kappa shape index (κ1) is 14.6. The number of para-hydroxylation sites is 1. The van der Waals surface area contributed by atoms with Crippen LogP contribution in [0.25, 0.3) is 0 Å². The molecule has 0 aliphatic rings. The van der Waals surface area contributed by atoms with Crippen LogP contribution in [0.15, 0.2) is 46.9 Å². The van der Waals surface area contributed by atoms with Crippen molar-refractivity contribution in [3.63, 3.8) is 0 Å². The molecule has 2 aromatic rings. The van der Waals surface area contributed by atoms with Gasteiger partial charge in [-0.25, -0.2) is 0 Å². The summed E-state index contributed by atoms with van der Waals surface area (Å²) in [4.78, 5) is 11.8. The van der Waals surface area contributed by atoms with Gasteiger partial charge in [-0.1, -0.05) is 24.3 Å². The Morgan fingerprint density at radius 1 is 1.20 bits per heavy atom. The van der Waals surface area contributed by atoms with E-state index in [0.29, 0.717) is 5.75 Å². The van der Waals surface area contributed by atoms with Crippen LogP contribution in [0.1, 0.15) is 11.1 Å². The number of anilines is 1. The highest BCUT2D eigenvalue weighted by Crippen LogP contribution is 2.30. The first-order chi connectivity index (χ1) is 9.56. The van der Waals surface area contributed by atoms with Crippen molar-refractivity contribution in [1.29, 1.82) is 0 Å². The normalized spacial score (nSPS) is 10.2. The van der Waals surface area contributed by atoms with E-state index < -0.39 is 0 Å². The zero-order chi connectivity index (χ0) is 14.5. The molecule has 3 nitrogen and oxygen atoms in total. The molecule has 104 valence electrons. The monoisotopic (exact) mass is 333 g/mol.